The lowest BCUT2D eigenvalue weighted by Crippen LogP contribution is -2.14. The van der Waals surface area contributed by atoms with Gasteiger partial charge in [0, 0.05) is 18.5 Å². The number of fused-ring (bicyclic) bond motifs is 1. The van der Waals surface area contributed by atoms with Crippen LogP contribution in [0.1, 0.15) is 11.7 Å². The first kappa shape index (κ1) is 19.4. The number of benzene rings is 2. The lowest BCUT2D eigenvalue weighted by Gasteiger charge is -2.04. The number of imidazole rings is 1. The number of aromatic nitrogens is 4. The van der Waals surface area contributed by atoms with E-state index in [4.69, 9.17) is 16.0 Å². The zero-order valence-corrected chi connectivity index (χ0v) is 16.6. The van der Waals surface area contributed by atoms with Crippen molar-refractivity contribution in [1.29, 1.82) is 0 Å². The minimum Gasteiger partial charge on any atom is -0.416 e. The van der Waals surface area contributed by atoms with Crippen molar-refractivity contribution in [2.75, 3.05) is 11.1 Å². The maximum absolute atomic E-state index is 13.2. The number of halogens is 2. The summed E-state index contributed by atoms with van der Waals surface area (Å²) < 4.78 is 18.7. The Morgan fingerprint density at radius 2 is 2.07 bits per heavy atom. The Morgan fingerprint density at radius 1 is 1.21 bits per heavy atom. The van der Waals surface area contributed by atoms with E-state index < -0.39 is 5.82 Å². The average molecular weight is 432 g/mol. The highest BCUT2D eigenvalue weighted by atomic mass is 35.5. The van der Waals surface area contributed by atoms with E-state index in [1.165, 1.54) is 18.2 Å². The van der Waals surface area contributed by atoms with Crippen molar-refractivity contribution in [2.24, 2.45) is 0 Å². The van der Waals surface area contributed by atoms with Crippen molar-refractivity contribution < 1.29 is 13.6 Å². The molecule has 2 heterocycles. The molecule has 2 N–H and O–H groups in total. The van der Waals surface area contributed by atoms with Crippen LogP contribution in [0.15, 0.2) is 52.1 Å². The first-order chi connectivity index (χ1) is 14.1. The molecule has 29 heavy (non-hydrogen) atoms. The third-order valence-corrected chi connectivity index (χ3v) is 5.10. The second kappa shape index (κ2) is 8.62. The summed E-state index contributed by atoms with van der Waals surface area (Å²) in [6, 6.07) is 11.8. The molecule has 0 aliphatic heterocycles. The molecule has 1 amide bonds. The quantitative estimate of drug-likeness (QED) is 0.424. The van der Waals surface area contributed by atoms with Crippen molar-refractivity contribution in [2.45, 2.75) is 18.1 Å². The number of rotatable bonds is 7. The number of nitrogens with zero attached hydrogens (tertiary/aromatic N) is 3. The normalized spacial score (nSPS) is 11.1. The van der Waals surface area contributed by atoms with Crippen LogP contribution in [0.25, 0.3) is 11.0 Å². The number of hydrogen-bond acceptors (Lipinski definition) is 6. The van der Waals surface area contributed by atoms with Gasteiger partial charge in [0.05, 0.1) is 21.8 Å². The van der Waals surface area contributed by atoms with Crippen LogP contribution in [0.4, 0.5) is 10.1 Å². The number of aromatic amines is 1. The number of amides is 1. The summed E-state index contributed by atoms with van der Waals surface area (Å²) >= 11 is 6.82. The summed E-state index contributed by atoms with van der Waals surface area (Å²) in [4.78, 5) is 19.8. The van der Waals surface area contributed by atoms with Crippen LogP contribution >= 0.6 is 23.4 Å². The second-order valence-corrected chi connectivity index (χ2v) is 7.46. The number of carbonyl (C=O) groups is 1. The Bertz CT molecular complexity index is 1130. The summed E-state index contributed by atoms with van der Waals surface area (Å²) in [5.41, 5.74) is 2.31. The molecule has 10 heteroatoms. The van der Waals surface area contributed by atoms with Crippen LogP contribution in [0.5, 0.6) is 0 Å². The molecular weight excluding hydrogens is 417 g/mol. The van der Waals surface area contributed by atoms with Crippen LogP contribution in [0.2, 0.25) is 5.02 Å². The van der Waals surface area contributed by atoms with Gasteiger partial charge in [-0.25, -0.2) is 9.37 Å². The van der Waals surface area contributed by atoms with E-state index in [-0.39, 0.29) is 16.7 Å². The molecule has 0 saturated carbocycles. The lowest BCUT2D eigenvalue weighted by molar-refractivity contribution is -0.113. The van der Waals surface area contributed by atoms with Gasteiger partial charge in [0.15, 0.2) is 0 Å². The van der Waals surface area contributed by atoms with E-state index >= 15 is 0 Å². The number of nitrogens with one attached hydrogen (secondary N) is 2. The summed E-state index contributed by atoms with van der Waals surface area (Å²) in [7, 11) is 0. The van der Waals surface area contributed by atoms with Crippen LogP contribution in [0, 0.1) is 5.82 Å². The number of thioether (sulfide) groups is 1. The van der Waals surface area contributed by atoms with E-state index in [0.29, 0.717) is 29.6 Å². The van der Waals surface area contributed by atoms with E-state index in [0.717, 1.165) is 28.6 Å². The van der Waals surface area contributed by atoms with Gasteiger partial charge in [0.1, 0.15) is 11.6 Å². The summed E-state index contributed by atoms with van der Waals surface area (Å²) in [5, 5.41) is 10.8. The maximum Gasteiger partial charge on any atom is 0.277 e. The summed E-state index contributed by atoms with van der Waals surface area (Å²) in [5.74, 6) is 0.551. The molecular formula is C19H15ClFN5O2S. The second-order valence-electron chi connectivity index (χ2n) is 6.13. The van der Waals surface area contributed by atoms with Gasteiger partial charge in [0.2, 0.25) is 11.8 Å². The Hall–Kier alpha value is -2.91. The first-order valence-electron chi connectivity index (χ1n) is 8.70. The van der Waals surface area contributed by atoms with Crippen LogP contribution in [-0.2, 0) is 17.6 Å². The van der Waals surface area contributed by atoms with Gasteiger partial charge >= 0.3 is 0 Å². The van der Waals surface area contributed by atoms with Crippen molar-refractivity contribution >= 4 is 46.0 Å². The molecule has 4 aromatic rings. The standard InChI is InChI=1S/C19H15ClFN5O2S/c20-12-9-11(5-6-13(12)21)22-17(27)10-29-19-26-25-18(28-19)8-7-16-23-14-3-1-2-4-15(14)24-16/h1-6,9H,7-8,10H2,(H,22,27)(H,23,24). The highest BCUT2D eigenvalue weighted by molar-refractivity contribution is 7.99. The summed E-state index contributed by atoms with van der Waals surface area (Å²) in [6.45, 7) is 0. The molecule has 2 aromatic heterocycles. The third kappa shape index (κ3) is 4.93. The molecule has 0 atom stereocenters. The number of para-hydroxylation sites is 2. The largest absolute Gasteiger partial charge is 0.416 e. The first-order valence-corrected chi connectivity index (χ1v) is 10.1. The predicted octanol–water partition coefficient (Wildman–Crippen LogP) is 4.25. The molecule has 148 valence electrons. The number of anilines is 1. The fourth-order valence-electron chi connectivity index (χ4n) is 2.65. The molecule has 2 aromatic carbocycles. The molecule has 0 fully saturated rings. The van der Waals surface area contributed by atoms with Crippen molar-refractivity contribution in [3.63, 3.8) is 0 Å². The van der Waals surface area contributed by atoms with Crippen molar-refractivity contribution in [3.8, 4) is 0 Å². The van der Waals surface area contributed by atoms with E-state index in [2.05, 4.69) is 25.5 Å². The van der Waals surface area contributed by atoms with E-state index in [1.54, 1.807) is 0 Å². The van der Waals surface area contributed by atoms with Crippen molar-refractivity contribution in [1.82, 2.24) is 20.2 Å². The van der Waals surface area contributed by atoms with Gasteiger partial charge in [-0.05, 0) is 30.3 Å². The van der Waals surface area contributed by atoms with E-state index in [9.17, 15) is 9.18 Å². The molecule has 0 radical (unpaired) electrons. The monoisotopic (exact) mass is 431 g/mol. The molecule has 7 nitrogen and oxygen atoms in total. The summed E-state index contributed by atoms with van der Waals surface area (Å²) in [6.07, 6.45) is 1.17. The zero-order valence-electron chi connectivity index (χ0n) is 15.0. The molecule has 0 aliphatic carbocycles. The topological polar surface area (TPSA) is 96.7 Å². The fourth-order valence-corrected chi connectivity index (χ4v) is 3.41. The Balaban J connectivity index is 1.27. The SMILES string of the molecule is O=C(CSc1nnc(CCc2nc3ccccc3[nH]2)o1)Nc1ccc(F)c(Cl)c1. The Kier molecular flexibility index (Phi) is 5.77. The molecule has 0 spiro atoms. The lowest BCUT2D eigenvalue weighted by atomic mass is 10.3. The maximum atomic E-state index is 13.2. The highest BCUT2D eigenvalue weighted by Gasteiger charge is 2.12. The predicted molar refractivity (Wildman–Crippen MR) is 109 cm³/mol. The smallest absolute Gasteiger partial charge is 0.277 e. The fraction of sp³-hybridized carbons (Fsp3) is 0.158. The Morgan fingerprint density at radius 3 is 2.90 bits per heavy atom. The molecule has 0 saturated heterocycles. The zero-order chi connectivity index (χ0) is 20.2. The van der Waals surface area contributed by atoms with Gasteiger partial charge in [-0.3, -0.25) is 4.79 Å². The van der Waals surface area contributed by atoms with Crippen LogP contribution in [0.3, 0.4) is 0 Å². The highest BCUT2D eigenvalue weighted by Crippen LogP contribution is 2.21. The number of hydrogen-bond donors (Lipinski definition) is 2. The molecule has 0 aliphatic rings. The van der Waals surface area contributed by atoms with Gasteiger partial charge in [-0.15, -0.1) is 10.2 Å². The van der Waals surface area contributed by atoms with Gasteiger partial charge in [-0.2, -0.15) is 0 Å². The minimum absolute atomic E-state index is 0.0542. The molecule has 0 bridgehead atoms. The molecule has 0 unspecified atom stereocenters. The number of aryl methyl sites for hydroxylation is 2. The Labute approximate surface area is 174 Å². The average Bonchev–Trinajstić information content (AvgIpc) is 3.34. The van der Waals surface area contributed by atoms with Gasteiger partial charge < -0.3 is 14.7 Å². The van der Waals surface area contributed by atoms with Crippen molar-refractivity contribution in [3.05, 3.63) is 65.0 Å². The molecule has 4 rings (SSSR count). The third-order valence-electron chi connectivity index (χ3n) is 3.99. The minimum atomic E-state index is -0.542. The van der Waals surface area contributed by atoms with Gasteiger partial charge in [-0.1, -0.05) is 35.5 Å². The number of carbonyl (C=O) groups excluding carboxylic acids is 1. The number of H-pyrrole nitrogens is 1. The van der Waals surface area contributed by atoms with Gasteiger partial charge in [0.25, 0.3) is 5.22 Å². The van der Waals surface area contributed by atoms with Crippen LogP contribution < -0.4 is 5.32 Å². The van der Waals surface area contributed by atoms with Crippen LogP contribution in [-0.4, -0.2) is 31.8 Å². The van der Waals surface area contributed by atoms with E-state index in [1.807, 2.05) is 24.3 Å².